The predicted molar refractivity (Wildman–Crippen MR) is 88.0 cm³/mol. The molecule has 0 aliphatic carbocycles. The summed E-state index contributed by atoms with van der Waals surface area (Å²) in [5.74, 6) is -1.09. The first-order valence-electron chi connectivity index (χ1n) is 7.10. The number of rotatable bonds is 6. The molecule has 1 aromatic heterocycles. The number of aromatic amines is 1. The SMILES string of the molecule is CCc1[nH]c(C(=O)O)c(Br)c1-c1ccc(CO)c(CO)c1CO. The Labute approximate surface area is 141 Å². The molecule has 0 radical (unpaired) electrons. The summed E-state index contributed by atoms with van der Waals surface area (Å²) in [7, 11) is 0. The van der Waals surface area contributed by atoms with E-state index >= 15 is 0 Å². The lowest BCUT2D eigenvalue weighted by atomic mass is 9.92. The minimum Gasteiger partial charge on any atom is -0.477 e. The first kappa shape index (κ1) is 17.7. The molecule has 23 heavy (non-hydrogen) atoms. The molecule has 0 unspecified atom stereocenters. The van der Waals surface area contributed by atoms with Gasteiger partial charge >= 0.3 is 5.97 Å². The fraction of sp³-hybridized carbons (Fsp3) is 0.312. The van der Waals surface area contributed by atoms with Crippen LogP contribution in [0.2, 0.25) is 0 Å². The number of hydrogen-bond donors (Lipinski definition) is 5. The number of aliphatic hydroxyl groups excluding tert-OH is 3. The number of benzene rings is 1. The lowest BCUT2D eigenvalue weighted by molar-refractivity contribution is 0.0690. The van der Waals surface area contributed by atoms with Crippen molar-refractivity contribution in [2.24, 2.45) is 0 Å². The third-order valence-corrected chi connectivity index (χ3v) is 4.66. The van der Waals surface area contributed by atoms with Gasteiger partial charge in [-0.25, -0.2) is 4.79 Å². The molecule has 0 saturated carbocycles. The van der Waals surface area contributed by atoms with Gasteiger partial charge in [0.05, 0.1) is 24.3 Å². The van der Waals surface area contributed by atoms with Crippen LogP contribution in [-0.4, -0.2) is 31.4 Å². The molecule has 0 spiro atoms. The monoisotopic (exact) mass is 383 g/mol. The van der Waals surface area contributed by atoms with Crippen LogP contribution in [-0.2, 0) is 26.2 Å². The quantitative estimate of drug-likeness (QED) is 0.524. The molecule has 0 saturated heterocycles. The number of aliphatic hydroxyl groups is 3. The average molecular weight is 384 g/mol. The van der Waals surface area contributed by atoms with Gasteiger partial charge in [-0.2, -0.15) is 0 Å². The van der Waals surface area contributed by atoms with E-state index < -0.39 is 5.97 Å². The average Bonchev–Trinajstić information content (AvgIpc) is 2.89. The number of nitrogens with one attached hydrogen (secondary N) is 1. The van der Waals surface area contributed by atoms with Crippen LogP contribution in [0, 0.1) is 0 Å². The van der Waals surface area contributed by atoms with Crippen molar-refractivity contribution in [3.63, 3.8) is 0 Å². The molecule has 7 heteroatoms. The molecular weight excluding hydrogens is 366 g/mol. The maximum Gasteiger partial charge on any atom is 0.353 e. The molecule has 0 fully saturated rings. The third kappa shape index (κ3) is 3.05. The summed E-state index contributed by atoms with van der Waals surface area (Å²) in [6.45, 7) is 0.983. The first-order chi connectivity index (χ1) is 11.0. The number of aromatic carboxylic acids is 1. The van der Waals surface area contributed by atoms with Gasteiger partial charge in [-0.05, 0) is 44.6 Å². The number of carboxylic acid groups (broad SMARTS) is 1. The fourth-order valence-electron chi connectivity index (χ4n) is 2.72. The van der Waals surface area contributed by atoms with Gasteiger partial charge in [0.25, 0.3) is 0 Å². The van der Waals surface area contributed by atoms with Gasteiger partial charge in [-0.15, -0.1) is 0 Å². The normalized spacial score (nSPS) is 11.0. The number of carboxylic acids is 1. The Bertz CT molecular complexity index is 739. The highest BCUT2D eigenvalue weighted by Crippen LogP contribution is 2.38. The van der Waals surface area contributed by atoms with E-state index in [1.807, 2.05) is 6.92 Å². The Kier molecular flexibility index (Phi) is 5.59. The van der Waals surface area contributed by atoms with Crippen LogP contribution in [0.4, 0.5) is 0 Å². The Morgan fingerprint density at radius 1 is 1.13 bits per heavy atom. The van der Waals surface area contributed by atoms with Crippen molar-refractivity contribution in [3.8, 4) is 11.1 Å². The zero-order valence-electron chi connectivity index (χ0n) is 12.6. The third-order valence-electron chi connectivity index (χ3n) is 3.87. The summed E-state index contributed by atoms with van der Waals surface area (Å²) in [4.78, 5) is 14.2. The molecule has 0 atom stereocenters. The molecule has 2 rings (SSSR count). The largest absolute Gasteiger partial charge is 0.477 e. The Hall–Kier alpha value is -1.67. The van der Waals surface area contributed by atoms with Crippen molar-refractivity contribution in [2.75, 3.05) is 0 Å². The molecule has 2 aromatic rings. The van der Waals surface area contributed by atoms with Crippen LogP contribution >= 0.6 is 15.9 Å². The van der Waals surface area contributed by atoms with Crippen LogP contribution in [0.5, 0.6) is 0 Å². The van der Waals surface area contributed by atoms with Crippen molar-refractivity contribution < 1.29 is 25.2 Å². The second kappa shape index (κ2) is 7.27. The van der Waals surface area contributed by atoms with Crippen LogP contribution in [0.3, 0.4) is 0 Å². The van der Waals surface area contributed by atoms with Gasteiger partial charge in [0.1, 0.15) is 5.69 Å². The maximum absolute atomic E-state index is 11.3. The highest BCUT2D eigenvalue weighted by molar-refractivity contribution is 9.10. The van der Waals surface area contributed by atoms with Crippen LogP contribution in [0.1, 0.15) is 39.8 Å². The van der Waals surface area contributed by atoms with E-state index in [9.17, 15) is 25.2 Å². The number of hydrogen-bond acceptors (Lipinski definition) is 4. The van der Waals surface area contributed by atoms with E-state index in [-0.39, 0.29) is 25.5 Å². The highest BCUT2D eigenvalue weighted by atomic mass is 79.9. The summed E-state index contributed by atoms with van der Waals surface area (Å²) in [5, 5.41) is 38.0. The Morgan fingerprint density at radius 3 is 2.26 bits per heavy atom. The van der Waals surface area contributed by atoms with Crippen molar-refractivity contribution in [2.45, 2.75) is 33.2 Å². The van der Waals surface area contributed by atoms with Crippen molar-refractivity contribution >= 4 is 21.9 Å². The second-order valence-corrected chi connectivity index (χ2v) is 5.82. The van der Waals surface area contributed by atoms with Crippen molar-refractivity contribution in [1.29, 1.82) is 0 Å². The number of H-pyrrole nitrogens is 1. The standard InChI is InChI=1S/C16H18BrNO5/c1-2-12-13(14(17)15(18-12)16(22)23)9-4-3-8(5-19)10(6-20)11(9)7-21/h3-4,18-21H,2,5-7H2,1H3,(H,22,23). The summed E-state index contributed by atoms with van der Waals surface area (Å²) in [6, 6.07) is 3.38. The summed E-state index contributed by atoms with van der Waals surface area (Å²) in [5.41, 5.74) is 3.49. The molecular formula is C16H18BrNO5. The number of carbonyl (C=O) groups is 1. The van der Waals surface area contributed by atoms with Crippen LogP contribution in [0.15, 0.2) is 16.6 Å². The zero-order valence-corrected chi connectivity index (χ0v) is 14.1. The second-order valence-electron chi connectivity index (χ2n) is 5.03. The van der Waals surface area contributed by atoms with Crippen LogP contribution < -0.4 is 0 Å². The Morgan fingerprint density at radius 2 is 1.78 bits per heavy atom. The summed E-state index contributed by atoms with van der Waals surface area (Å²) < 4.78 is 0.400. The van der Waals surface area contributed by atoms with Crippen molar-refractivity contribution in [3.05, 3.63) is 44.7 Å². The molecule has 0 aliphatic rings. The van der Waals surface area contributed by atoms with E-state index in [0.29, 0.717) is 44.4 Å². The van der Waals surface area contributed by atoms with E-state index in [1.54, 1.807) is 12.1 Å². The molecule has 0 aliphatic heterocycles. The topological polar surface area (TPSA) is 114 Å². The lowest BCUT2D eigenvalue weighted by Crippen LogP contribution is -2.04. The fourth-order valence-corrected chi connectivity index (χ4v) is 3.44. The molecule has 1 aromatic carbocycles. The van der Waals surface area contributed by atoms with E-state index in [2.05, 4.69) is 20.9 Å². The maximum atomic E-state index is 11.3. The van der Waals surface area contributed by atoms with E-state index in [0.717, 1.165) is 0 Å². The molecule has 6 nitrogen and oxygen atoms in total. The van der Waals surface area contributed by atoms with Crippen LogP contribution in [0.25, 0.3) is 11.1 Å². The van der Waals surface area contributed by atoms with Gasteiger partial charge in [0, 0.05) is 11.3 Å². The summed E-state index contributed by atoms with van der Waals surface area (Å²) >= 11 is 3.32. The lowest BCUT2D eigenvalue weighted by Gasteiger charge is -2.16. The van der Waals surface area contributed by atoms with Gasteiger partial charge in [-0.1, -0.05) is 19.1 Å². The van der Waals surface area contributed by atoms with Crippen molar-refractivity contribution in [1.82, 2.24) is 4.98 Å². The van der Waals surface area contributed by atoms with Gasteiger partial charge in [-0.3, -0.25) is 0 Å². The highest BCUT2D eigenvalue weighted by Gasteiger charge is 2.23. The zero-order chi connectivity index (χ0) is 17.1. The molecule has 5 N–H and O–H groups in total. The number of halogens is 1. The predicted octanol–water partition coefficient (Wildman–Crippen LogP) is 2.18. The smallest absolute Gasteiger partial charge is 0.353 e. The Balaban J connectivity index is 2.79. The molecule has 0 bridgehead atoms. The van der Waals surface area contributed by atoms with Gasteiger partial charge < -0.3 is 25.4 Å². The van der Waals surface area contributed by atoms with E-state index in [4.69, 9.17) is 0 Å². The van der Waals surface area contributed by atoms with E-state index in [1.165, 1.54) is 0 Å². The molecule has 124 valence electrons. The number of aromatic nitrogens is 1. The van der Waals surface area contributed by atoms with Gasteiger partial charge in [0.2, 0.25) is 0 Å². The first-order valence-corrected chi connectivity index (χ1v) is 7.89. The minimum atomic E-state index is -1.09. The summed E-state index contributed by atoms with van der Waals surface area (Å²) in [6.07, 6.45) is 0.572. The molecule has 1 heterocycles. The number of aryl methyl sites for hydroxylation is 1. The van der Waals surface area contributed by atoms with Gasteiger partial charge in [0.15, 0.2) is 0 Å². The minimum absolute atomic E-state index is 0.0394. The molecule has 0 amide bonds.